The number of ether oxygens (including phenoxy) is 3. The smallest absolute Gasteiger partial charge is 0.338 e. The summed E-state index contributed by atoms with van der Waals surface area (Å²) in [6, 6.07) is 17.4. The van der Waals surface area contributed by atoms with E-state index in [0.717, 1.165) is 5.56 Å². The van der Waals surface area contributed by atoms with Gasteiger partial charge in [-0.2, -0.15) is 0 Å². The summed E-state index contributed by atoms with van der Waals surface area (Å²) < 4.78 is 17.8. The highest BCUT2D eigenvalue weighted by Crippen LogP contribution is 2.60. The summed E-state index contributed by atoms with van der Waals surface area (Å²) in [5.74, 6) is -4.30. The first kappa shape index (κ1) is 33.7. The van der Waals surface area contributed by atoms with Crippen molar-refractivity contribution in [2.75, 3.05) is 0 Å². The maximum absolute atomic E-state index is 14.8. The Morgan fingerprint density at radius 3 is 2.17 bits per heavy atom. The minimum atomic E-state index is -2.09. The molecule has 3 aliphatic carbocycles. The van der Waals surface area contributed by atoms with E-state index in [1.165, 1.54) is 13.0 Å². The van der Waals surface area contributed by atoms with Crippen molar-refractivity contribution < 1.29 is 43.3 Å². The first-order valence-electron chi connectivity index (χ1n) is 15.7. The molecule has 0 saturated heterocycles. The fraction of sp³-hybridized carbons (Fsp3) is 0.395. The van der Waals surface area contributed by atoms with Gasteiger partial charge in [-0.3, -0.25) is 14.4 Å². The van der Waals surface area contributed by atoms with Crippen molar-refractivity contribution in [2.45, 2.75) is 77.8 Å². The number of allylic oxidation sites excluding steroid dienone is 1. The predicted octanol–water partition coefficient (Wildman–Crippen LogP) is 5.37. The van der Waals surface area contributed by atoms with Crippen LogP contribution in [0, 0.1) is 16.7 Å². The van der Waals surface area contributed by atoms with Crippen molar-refractivity contribution in [1.29, 1.82) is 0 Å². The van der Waals surface area contributed by atoms with E-state index >= 15 is 0 Å². The monoisotopic (exact) mass is 640 g/mol. The molecule has 2 bridgehead atoms. The molecule has 0 amide bonds. The van der Waals surface area contributed by atoms with E-state index in [-0.39, 0.29) is 35.1 Å². The molecule has 5 rings (SSSR count). The number of hydrogen-bond donors (Lipinski definition) is 1. The molecule has 6 atom stereocenters. The van der Waals surface area contributed by atoms with Crippen molar-refractivity contribution >= 4 is 35.6 Å². The van der Waals surface area contributed by atoms with Crippen molar-refractivity contribution in [2.24, 2.45) is 16.7 Å². The lowest BCUT2D eigenvalue weighted by atomic mass is 9.48. The SMILES string of the molecule is C=C1[C@@H](OC(=O)/C=C/c2ccccc2)CC[C@@]2(C)C(=O)[C@H](OC(C)=O)C3=C(C)C(=O)C[C@@](O)([C@@H](OC(=O)c4ccccc4)[C@H]12)C3(C)C. The number of fused-ring (bicyclic) bond motifs is 3. The second kappa shape index (κ2) is 12.5. The van der Waals surface area contributed by atoms with Crippen molar-refractivity contribution in [3.05, 3.63) is 101 Å². The molecule has 2 aromatic carbocycles. The summed E-state index contributed by atoms with van der Waals surface area (Å²) in [5, 5.41) is 12.8. The van der Waals surface area contributed by atoms with Crippen LogP contribution in [0.25, 0.3) is 6.08 Å². The minimum absolute atomic E-state index is 0.115. The van der Waals surface area contributed by atoms with Gasteiger partial charge in [0.1, 0.15) is 17.8 Å². The molecular weight excluding hydrogens is 600 g/mol. The van der Waals surface area contributed by atoms with Crippen molar-refractivity contribution in [3.8, 4) is 0 Å². The number of aliphatic hydroxyl groups is 1. The maximum atomic E-state index is 14.8. The Balaban J connectivity index is 1.64. The standard InChI is InChI=1S/C38H40O9/c1-22-27(40)21-38(44)34(47-35(43)26-15-11-8-12-16-26)31-23(2)28(46-29(41)18-17-25-13-9-7-10-14-25)19-20-37(31,6)33(42)32(45-24(3)39)30(22)36(38,4)5/h7-18,28,31-32,34,44H,2,19-21H2,1,3-6H3/b18-17+/t28-,31-,32+,34-,37+,38+/m0/s1. The lowest BCUT2D eigenvalue weighted by Gasteiger charge is -2.59. The van der Waals surface area contributed by atoms with Crippen LogP contribution >= 0.6 is 0 Å². The summed E-state index contributed by atoms with van der Waals surface area (Å²) in [6.45, 7) is 12.0. The number of hydrogen-bond acceptors (Lipinski definition) is 9. The molecule has 2 saturated carbocycles. The number of benzene rings is 2. The van der Waals surface area contributed by atoms with E-state index < -0.39 is 76.6 Å². The second-order valence-electron chi connectivity index (χ2n) is 13.4. The molecular formula is C38H40O9. The van der Waals surface area contributed by atoms with Gasteiger partial charge in [0.25, 0.3) is 0 Å². The Morgan fingerprint density at radius 2 is 1.55 bits per heavy atom. The van der Waals surface area contributed by atoms with Gasteiger partial charge in [-0.25, -0.2) is 9.59 Å². The van der Waals surface area contributed by atoms with Crippen LogP contribution in [0.3, 0.4) is 0 Å². The van der Waals surface area contributed by atoms with Crippen LogP contribution < -0.4 is 0 Å². The van der Waals surface area contributed by atoms with Crippen LogP contribution in [0.2, 0.25) is 0 Å². The third kappa shape index (κ3) is 5.89. The van der Waals surface area contributed by atoms with Crippen LogP contribution in [0.4, 0.5) is 0 Å². The third-order valence-corrected chi connectivity index (χ3v) is 10.3. The molecule has 0 heterocycles. The highest BCUT2D eigenvalue weighted by atomic mass is 16.6. The Bertz CT molecular complexity index is 1690. The molecule has 246 valence electrons. The molecule has 0 aliphatic heterocycles. The van der Waals surface area contributed by atoms with Crippen LogP contribution in [-0.2, 0) is 33.4 Å². The van der Waals surface area contributed by atoms with Gasteiger partial charge < -0.3 is 19.3 Å². The Hall–Kier alpha value is -4.63. The summed E-state index contributed by atoms with van der Waals surface area (Å²) in [6.07, 6.45) is -1.12. The highest BCUT2D eigenvalue weighted by Gasteiger charge is 2.69. The quantitative estimate of drug-likeness (QED) is 0.191. The lowest BCUT2D eigenvalue weighted by molar-refractivity contribution is -0.200. The number of esters is 3. The zero-order valence-corrected chi connectivity index (χ0v) is 27.3. The van der Waals surface area contributed by atoms with E-state index in [1.807, 2.05) is 30.3 Å². The van der Waals surface area contributed by atoms with Gasteiger partial charge in [0, 0.05) is 36.2 Å². The molecule has 2 fully saturated rings. The first-order valence-corrected chi connectivity index (χ1v) is 15.7. The molecule has 0 unspecified atom stereocenters. The molecule has 0 aromatic heterocycles. The number of ketones is 2. The number of carbonyl (C=O) groups excluding carboxylic acids is 5. The van der Waals surface area contributed by atoms with Crippen molar-refractivity contribution in [1.82, 2.24) is 0 Å². The third-order valence-electron chi connectivity index (χ3n) is 10.3. The Labute approximate surface area is 274 Å². The van der Waals surface area contributed by atoms with Gasteiger partial charge in [-0.15, -0.1) is 0 Å². The van der Waals surface area contributed by atoms with E-state index in [4.69, 9.17) is 14.2 Å². The largest absolute Gasteiger partial charge is 0.455 e. The molecule has 47 heavy (non-hydrogen) atoms. The number of rotatable bonds is 6. The maximum Gasteiger partial charge on any atom is 0.338 e. The van der Waals surface area contributed by atoms with Crippen LogP contribution in [0.15, 0.2) is 90.0 Å². The van der Waals surface area contributed by atoms with Crippen LogP contribution in [0.1, 0.15) is 69.8 Å². The molecule has 9 heteroatoms. The van der Waals surface area contributed by atoms with Crippen molar-refractivity contribution in [3.63, 3.8) is 0 Å². The Kier molecular flexibility index (Phi) is 8.99. The van der Waals surface area contributed by atoms with Gasteiger partial charge in [0.15, 0.2) is 17.7 Å². The molecule has 3 aliphatic rings. The summed E-state index contributed by atoms with van der Waals surface area (Å²) in [5.41, 5.74) is -3.30. The molecule has 1 N–H and O–H groups in total. The van der Waals surface area contributed by atoms with E-state index in [0.29, 0.717) is 0 Å². The molecule has 0 spiro atoms. The fourth-order valence-electron chi connectivity index (χ4n) is 7.57. The van der Waals surface area contributed by atoms with E-state index in [2.05, 4.69) is 6.58 Å². The number of carbonyl (C=O) groups is 5. The summed E-state index contributed by atoms with van der Waals surface area (Å²) in [4.78, 5) is 67.6. The van der Waals surface area contributed by atoms with E-state index in [1.54, 1.807) is 64.1 Å². The average molecular weight is 641 g/mol. The average Bonchev–Trinajstić information content (AvgIpc) is 3.03. The van der Waals surface area contributed by atoms with Gasteiger partial charge >= 0.3 is 17.9 Å². The lowest BCUT2D eigenvalue weighted by Crippen LogP contribution is -2.69. The van der Waals surface area contributed by atoms with Gasteiger partial charge in [0.05, 0.1) is 5.56 Å². The normalized spacial score (nSPS) is 30.2. The second-order valence-corrected chi connectivity index (χ2v) is 13.4. The van der Waals surface area contributed by atoms with Gasteiger partial charge in [-0.1, -0.05) is 75.9 Å². The number of Topliss-reactive ketones (excluding diaryl/α,β-unsaturated/α-hetero) is 2. The van der Waals surface area contributed by atoms with Gasteiger partial charge in [-0.05, 0) is 60.3 Å². The van der Waals surface area contributed by atoms with Gasteiger partial charge in [0.2, 0.25) is 0 Å². The topological polar surface area (TPSA) is 133 Å². The summed E-state index contributed by atoms with van der Waals surface area (Å²) >= 11 is 0. The first-order chi connectivity index (χ1) is 22.1. The zero-order chi connectivity index (χ0) is 34.3. The highest BCUT2D eigenvalue weighted by molar-refractivity contribution is 6.02. The van der Waals surface area contributed by atoms with Crippen LogP contribution in [-0.4, -0.2) is 58.5 Å². The Morgan fingerprint density at radius 1 is 0.936 bits per heavy atom. The van der Waals surface area contributed by atoms with E-state index in [9.17, 15) is 29.1 Å². The fourth-order valence-corrected chi connectivity index (χ4v) is 7.57. The zero-order valence-electron chi connectivity index (χ0n) is 27.3. The minimum Gasteiger partial charge on any atom is -0.455 e. The summed E-state index contributed by atoms with van der Waals surface area (Å²) in [7, 11) is 0. The van der Waals surface area contributed by atoms with Crippen LogP contribution in [0.5, 0.6) is 0 Å². The molecule has 9 nitrogen and oxygen atoms in total. The molecule has 2 aromatic rings. The predicted molar refractivity (Wildman–Crippen MR) is 173 cm³/mol. The molecule has 0 radical (unpaired) electrons.